The van der Waals surface area contributed by atoms with Gasteiger partial charge in [-0.25, -0.2) is 4.79 Å². The van der Waals surface area contributed by atoms with E-state index in [1.54, 1.807) is 36.4 Å². The Hall–Kier alpha value is -3.34. The number of hydrogen-bond donors (Lipinski definition) is 1. The van der Waals surface area contributed by atoms with E-state index in [0.29, 0.717) is 11.1 Å². The second-order valence-corrected chi connectivity index (χ2v) is 12.6. The number of esters is 1. The molecule has 5 heteroatoms. The molecular weight excluding hydrogens is 560 g/mol. The van der Waals surface area contributed by atoms with Gasteiger partial charge in [-0.2, -0.15) is 0 Å². The molecule has 0 aliphatic heterocycles. The Balaban J connectivity index is 1.57. The zero-order valence-electron chi connectivity index (χ0n) is 28.0. The summed E-state index contributed by atoms with van der Waals surface area (Å²) < 4.78 is 11.8. The first-order valence-corrected chi connectivity index (χ1v) is 17.6. The summed E-state index contributed by atoms with van der Waals surface area (Å²) in [5, 5.41) is 10.5. The van der Waals surface area contributed by atoms with Gasteiger partial charge < -0.3 is 14.6 Å². The normalized spacial score (nSPS) is 18.1. The van der Waals surface area contributed by atoms with E-state index in [4.69, 9.17) is 9.47 Å². The average Bonchev–Trinajstić information content (AvgIpc) is 3.06. The first-order chi connectivity index (χ1) is 21.9. The van der Waals surface area contributed by atoms with Gasteiger partial charge in [0.1, 0.15) is 11.2 Å². The second kappa shape index (κ2) is 19.9. The SMILES string of the molecule is CCCCCCCCCCC(C)OC(=O)c1ccccc1C1(C(=O)O)C=CC(c2ccc(OCCCCCCCC)cc2)C=C1. The third-order valence-electron chi connectivity index (χ3n) is 8.88. The molecule has 2 aromatic carbocycles. The summed E-state index contributed by atoms with van der Waals surface area (Å²) in [6.07, 6.45) is 25.0. The van der Waals surface area contributed by atoms with E-state index in [1.807, 2.05) is 43.3 Å². The molecule has 0 spiro atoms. The third kappa shape index (κ3) is 11.5. The fourth-order valence-electron chi connectivity index (χ4n) is 6.04. The molecule has 0 heterocycles. The Bertz CT molecular complexity index is 1200. The third-order valence-corrected chi connectivity index (χ3v) is 8.88. The minimum Gasteiger partial charge on any atom is -0.494 e. The molecular formula is C40H56O5. The summed E-state index contributed by atoms with van der Waals surface area (Å²) in [5.74, 6) is -0.728. The van der Waals surface area contributed by atoms with Crippen LogP contribution in [0.4, 0.5) is 0 Å². The lowest BCUT2D eigenvalue weighted by Crippen LogP contribution is -2.35. The molecule has 0 radical (unpaired) electrons. The van der Waals surface area contributed by atoms with Crippen LogP contribution >= 0.6 is 0 Å². The Morgan fingerprint density at radius 3 is 1.91 bits per heavy atom. The second-order valence-electron chi connectivity index (χ2n) is 12.6. The summed E-state index contributed by atoms with van der Waals surface area (Å²) >= 11 is 0. The van der Waals surface area contributed by atoms with Gasteiger partial charge in [0.2, 0.25) is 0 Å². The van der Waals surface area contributed by atoms with Crippen molar-refractivity contribution in [3.63, 3.8) is 0 Å². The van der Waals surface area contributed by atoms with Crippen LogP contribution in [0.15, 0.2) is 72.8 Å². The van der Waals surface area contributed by atoms with Gasteiger partial charge in [-0.05, 0) is 55.5 Å². The molecule has 45 heavy (non-hydrogen) atoms. The number of carboxylic acid groups (broad SMARTS) is 1. The van der Waals surface area contributed by atoms with E-state index < -0.39 is 17.4 Å². The van der Waals surface area contributed by atoms with Crippen LogP contribution in [0.25, 0.3) is 0 Å². The van der Waals surface area contributed by atoms with Crippen LogP contribution in [0.2, 0.25) is 0 Å². The minimum absolute atomic E-state index is 0.0733. The van der Waals surface area contributed by atoms with Gasteiger partial charge in [0.15, 0.2) is 0 Å². The molecule has 0 bridgehead atoms. The standard InChI is InChI=1S/C40H56O5/c1-4-6-8-10-12-13-14-16-20-32(3)45-38(41)36-21-17-18-22-37(36)40(39(42)43)29-27-34(28-30-40)33-23-25-35(26-24-33)44-31-19-15-11-9-7-5-2/h17-18,21-30,32,34H,4-16,19-20,31H2,1-3H3,(H,42,43). The number of benzene rings is 2. The Morgan fingerprint density at radius 1 is 0.756 bits per heavy atom. The number of carbonyl (C=O) groups is 2. The maximum absolute atomic E-state index is 13.3. The summed E-state index contributed by atoms with van der Waals surface area (Å²) in [5.41, 5.74) is 0.317. The van der Waals surface area contributed by atoms with Gasteiger partial charge in [-0.1, -0.05) is 146 Å². The summed E-state index contributed by atoms with van der Waals surface area (Å²) in [4.78, 5) is 26.1. The number of rotatable bonds is 22. The molecule has 0 saturated heterocycles. The van der Waals surface area contributed by atoms with Crippen LogP contribution in [-0.2, 0) is 14.9 Å². The van der Waals surface area contributed by atoms with Crippen molar-refractivity contribution in [3.8, 4) is 5.75 Å². The maximum atomic E-state index is 13.3. The van der Waals surface area contributed by atoms with Crippen molar-refractivity contribution in [1.29, 1.82) is 0 Å². The van der Waals surface area contributed by atoms with Crippen LogP contribution < -0.4 is 4.74 Å². The first kappa shape index (κ1) is 36.1. The van der Waals surface area contributed by atoms with Crippen LogP contribution in [-0.4, -0.2) is 29.8 Å². The molecule has 3 rings (SSSR count). The molecule has 246 valence electrons. The lowest BCUT2D eigenvalue weighted by Gasteiger charge is -2.29. The Morgan fingerprint density at radius 2 is 1.31 bits per heavy atom. The fraction of sp³-hybridized carbons (Fsp3) is 0.550. The number of unbranched alkanes of at least 4 members (excludes halogenated alkanes) is 12. The van der Waals surface area contributed by atoms with Crippen molar-refractivity contribution in [2.45, 2.75) is 135 Å². The Kier molecular flexibility index (Phi) is 16.0. The number of hydrogen-bond acceptors (Lipinski definition) is 4. The summed E-state index contributed by atoms with van der Waals surface area (Å²) in [7, 11) is 0. The van der Waals surface area contributed by atoms with E-state index in [2.05, 4.69) is 13.8 Å². The lowest BCUT2D eigenvalue weighted by molar-refractivity contribution is -0.140. The Labute approximate surface area is 272 Å². The topological polar surface area (TPSA) is 72.8 Å². The first-order valence-electron chi connectivity index (χ1n) is 17.6. The van der Waals surface area contributed by atoms with Crippen LogP contribution in [0.1, 0.15) is 144 Å². The van der Waals surface area contributed by atoms with Crippen molar-refractivity contribution in [3.05, 3.63) is 89.5 Å². The highest BCUT2D eigenvalue weighted by Crippen LogP contribution is 2.38. The molecule has 1 aliphatic rings. The zero-order valence-corrected chi connectivity index (χ0v) is 28.0. The van der Waals surface area contributed by atoms with Gasteiger partial charge in [0, 0.05) is 5.92 Å². The van der Waals surface area contributed by atoms with E-state index in [1.165, 1.54) is 70.6 Å². The number of carbonyl (C=O) groups excluding carboxylic acids is 1. The van der Waals surface area contributed by atoms with Crippen LogP contribution in [0, 0.1) is 0 Å². The molecule has 2 aromatic rings. The van der Waals surface area contributed by atoms with Crippen molar-refractivity contribution >= 4 is 11.9 Å². The quantitative estimate of drug-likeness (QED) is 0.0809. The van der Waals surface area contributed by atoms with Crippen LogP contribution in [0.3, 0.4) is 0 Å². The summed E-state index contributed by atoms with van der Waals surface area (Å²) in [6, 6.07) is 14.9. The summed E-state index contributed by atoms with van der Waals surface area (Å²) in [6.45, 7) is 7.10. The highest BCUT2D eigenvalue weighted by atomic mass is 16.5. The molecule has 0 fully saturated rings. The highest BCUT2D eigenvalue weighted by molar-refractivity contribution is 5.97. The van der Waals surface area contributed by atoms with E-state index >= 15 is 0 Å². The van der Waals surface area contributed by atoms with Gasteiger partial charge in [0.05, 0.1) is 18.3 Å². The van der Waals surface area contributed by atoms with Gasteiger partial charge in [0.25, 0.3) is 0 Å². The molecule has 0 aromatic heterocycles. The monoisotopic (exact) mass is 616 g/mol. The minimum atomic E-state index is -1.45. The largest absolute Gasteiger partial charge is 0.494 e. The van der Waals surface area contributed by atoms with Gasteiger partial charge >= 0.3 is 11.9 Å². The molecule has 5 nitrogen and oxygen atoms in total. The van der Waals surface area contributed by atoms with E-state index in [9.17, 15) is 14.7 Å². The molecule has 1 unspecified atom stereocenters. The van der Waals surface area contributed by atoms with Crippen molar-refractivity contribution in [2.24, 2.45) is 0 Å². The maximum Gasteiger partial charge on any atom is 0.338 e. The number of aliphatic carboxylic acids is 1. The van der Waals surface area contributed by atoms with E-state index in [-0.39, 0.29) is 12.0 Å². The molecule has 1 N–H and O–H groups in total. The van der Waals surface area contributed by atoms with Crippen molar-refractivity contribution in [1.82, 2.24) is 0 Å². The number of ether oxygens (including phenoxy) is 2. The average molecular weight is 617 g/mol. The predicted octanol–water partition coefficient (Wildman–Crippen LogP) is 10.7. The molecule has 1 aliphatic carbocycles. The van der Waals surface area contributed by atoms with Gasteiger partial charge in [-0.3, -0.25) is 4.79 Å². The van der Waals surface area contributed by atoms with Crippen molar-refractivity contribution in [2.75, 3.05) is 6.61 Å². The molecule has 1 atom stereocenters. The molecule has 0 amide bonds. The van der Waals surface area contributed by atoms with Gasteiger partial charge in [-0.15, -0.1) is 0 Å². The van der Waals surface area contributed by atoms with Crippen LogP contribution in [0.5, 0.6) is 5.75 Å². The predicted molar refractivity (Wildman–Crippen MR) is 184 cm³/mol. The van der Waals surface area contributed by atoms with Crippen molar-refractivity contribution < 1.29 is 24.2 Å². The highest BCUT2D eigenvalue weighted by Gasteiger charge is 2.40. The lowest BCUT2D eigenvalue weighted by atomic mass is 9.73. The zero-order chi connectivity index (χ0) is 32.3. The number of allylic oxidation sites excluding steroid dienone is 2. The smallest absolute Gasteiger partial charge is 0.338 e. The fourth-order valence-corrected chi connectivity index (χ4v) is 6.04. The number of carboxylic acids is 1. The molecule has 0 saturated carbocycles. The van der Waals surface area contributed by atoms with E-state index in [0.717, 1.165) is 43.6 Å².